The van der Waals surface area contributed by atoms with Gasteiger partial charge in [-0.25, -0.2) is 4.57 Å². The van der Waals surface area contributed by atoms with E-state index in [2.05, 4.69) is 85.7 Å². The van der Waals surface area contributed by atoms with E-state index in [9.17, 15) is 0 Å². The summed E-state index contributed by atoms with van der Waals surface area (Å²) in [5.74, 6) is 0.936. The highest BCUT2D eigenvalue weighted by Gasteiger charge is 2.22. The highest BCUT2D eigenvalue weighted by molar-refractivity contribution is 5.94. The molecular formula is C27H36N+. The van der Waals surface area contributed by atoms with Crippen LogP contribution in [0.2, 0.25) is 0 Å². The average Bonchev–Trinajstić information content (AvgIpc) is 2.62. The van der Waals surface area contributed by atoms with Crippen LogP contribution in [0.4, 0.5) is 0 Å². The van der Waals surface area contributed by atoms with Gasteiger partial charge in [-0.15, -0.1) is 0 Å². The van der Waals surface area contributed by atoms with Gasteiger partial charge in [0.2, 0.25) is 5.69 Å². The van der Waals surface area contributed by atoms with Crippen LogP contribution in [0.25, 0.3) is 22.0 Å². The first-order valence-corrected chi connectivity index (χ1v) is 10.5. The largest absolute Gasteiger partial charge is 0.220 e. The Morgan fingerprint density at radius 1 is 0.929 bits per heavy atom. The maximum Gasteiger partial charge on any atom is 0.220 e. The van der Waals surface area contributed by atoms with Crippen molar-refractivity contribution in [2.75, 3.05) is 0 Å². The predicted molar refractivity (Wildman–Crippen MR) is 122 cm³/mol. The van der Waals surface area contributed by atoms with Gasteiger partial charge in [-0.05, 0) is 63.9 Å². The fourth-order valence-corrected chi connectivity index (χ4v) is 4.04. The normalized spacial score (nSPS) is 12.9. The zero-order valence-electron chi connectivity index (χ0n) is 20.1. The molecule has 2 aromatic carbocycles. The number of nitrogens with zero attached hydrogens (tertiary/aromatic N) is 1. The van der Waals surface area contributed by atoms with Gasteiger partial charge in [-0.2, -0.15) is 0 Å². The Bertz CT molecular complexity index is 1070. The van der Waals surface area contributed by atoms with Crippen LogP contribution in [0.1, 0.15) is 83.9 Å². The molecule has 0 aliphatic heterocycles. The van der Waals surface area contributed by atoms with E-state index in [0.29, 0.717) is 18.0 Å². The van der Waals surface area contributed by atoms with Crippen LogP contribution < -0.4 is 4.57 Å². The Kier molecular flexibility index (Phi) is 5.04. The second-order valence-corrected chi connectivity index (χ2v) is 9.83. The van der Waals surface area contributed by atoms with Crippen molar-refractivity contribution in [2.24, 2.45) is 7.05 Å². The lowest BCUT2D eigenvalue weighted by Crippen LogP contribution is -2.31. The van der Waals surface area contributed by atoms with Crippen LogP contribution >= 0.6 is 0 Å². The van der Waals surface area contributed by atoms with Crippen molar-refractivity contribution in [1.29, 1.82) is 0 Å². The molecule has 1 heterocycles. The summed E-state index contributed by atoms with van der Waals surface area (Å²) < 4.78 is 10.7. The van der Waals surface area contributed by atoms with Gasteiger partial charge in [-0.3, -0.25) is 0 Å². The van der Waals surface area contributed by atoms with Gasteiger partial charge in [0, 0.05) is 6.07 Å². The van der Waals surface area contributed by atoms with Crippen LogP contribution in [-0.4, -0.2) is 0 Å². The molecule has 0 N–H and O–H groups in total. The standard InChI is InChI=1S/C27H36N/c1-17(2)21-15-24(18(3)4)19(5)25(16-21)26-23-11-10-22(27(6,7)8)14-20(23)12-13-28(26)9/h10-18H,1-9H3/q+1/i13D. The maximum absolute atomic E-state index is 8.63. The zero-order chi connectivity index (χ0) is 21.7. The summed E-state index contributed by atoms with van der Waals surface area (Å²) in [5.41, 5.74) is 7.89. The lowest BCUT2D eigenvalue weighted by molar-refractivity contribution is -0.659. The molecule has 0 spiro atoms. The fraction of sp³-hybridized carbons (Fsp3) is 0.444. The molecule has 0 bridgehead atoms. The minimum Gasteiger partial charge on any atom is -0.200 e. The molecular weight excluding hydrogens is 338 g/mol. The number of hydrogen-bond donors (Lipinski definition) is 0. The first-order valence-electron chi connectivity index (χ1n) is 11.0. The number of benzene rings is 2. The number of pyridine rings is 1. The van der Waals surface area contributed by atoms with Gasteiger partial charge in [0.25, 0.3) is 0 Å². The van der Waals surface area contributed by atoms with Crippen molar-refractivity contribution in [3.8, 4) is 11.3 Å². The highest BCUT2D eigenvalue weighted by Crippen LogP contribution is 2.36. The molecule has 3 rings (SSSR count). The van der Waals surface area contributed by atoms with E-state index in [1.807, 2.05) is 17.7 Å². The van der Waals surface area contributed by atoms with E-state index in [-0.39, 0.29) is 5.41 Å². The Morgan fingerprint density at radius 3 is 2.18 bits per heavy atom. The molecule has 0 amide bonds. The topological polar surface area (TPSA) is 3.88 Å². The summed E-state index contributed by atoms with van der Waals surface area (Å²) >= 11 is 0. The molecule has 0 aliphatic rings. The third-order valence-corrected chi connectivity index (χ3v) is 5.94. The van der Waals surface area contributed by atoms with Crippen molar-refractivity contribution >= 4 is 10.8 Å². The third kappa shape index (κ3) is 3.72. The minimum absolute atomic E-state index is 0.0901. The van der Waals surface area contributed by atoms with Crippen LogP contribution in [-0.2, 0) is 12.5 Å². The quantitative estimate of drug-likeness (QED) is 0.427. The first-order chi connectivity index (χ1) is 13.4. The van der Waals surface area contributed by atoms with Gasteiger partial charge in [-0.1, -0.05) is 66.7 Å². The molecule has 1 heteroatoms. The molecule has 0 saturated carbocycles. The zero-order valence-corrected chi connectivity index (χ0v) is 19.1. The number of hydrogen-bond acceptors (Lipinski definition) is 0. The molecule has 0 unspecified atom stereocenters. The lowest BCUT2D eigenvalue weighted by Gasteiger charge is -2.20. The summed E-state index contributed by atoms with van der Waals surface area (Å²) in [4.78, 5) is 0. The Labute approximate surface area is 172 Å². The summed E-state index contributed by atoms with van der Waals surface area (Å²) in [6.45, 7) is 18.0. The van der Waals surface area contributed by atoms with Crippen LogP contribution in [0.5, 0.6) is 0 Å². The van der Waals surface area contributed by atoms with Crippen molar-refractivity contribution in [3.05, 3.63) is 64.8 Å². The van der Waals surface area contributed by atoms with Crippen molar-refractivity contribution in [1.82, 2.24) is 0 Å². The van der Waals surface area contributed by atoms with Gasteiger partial charge >= 0.3 is 0 Å². The highest BCUT2D eigenvalue weighted by atomic mass is 14.9. The number of rotatable bonds is 3. The van der Waals surface area contributed by atoms with Crippen LogP contribution in [0.3, 0.4) is 0 Å². The third-order valence-electron chi connectivity index (χ3n) is 5.94. The molecule has 0 atom stereocenters. The molecule has 0 aliphatic carbocycles. The van der Waals surface area contributed by atoms with E-state index in [1.54, 1.807) is 0 Å². The van der Waals surface area contributed by atoms with E-state index in [4.69, 9.17) is 1.37 Å². The fourth-order valence-electron chi connectivity index (χ4n) is 4.04. The van der Waals surface area contributed by atoms with Gasteiger partial charge < -0.3 is 0 Å². The molecule has 3 aromatic rings. The SMILES string of the molecule is [2H]c1cc2cc(C(C)(C)C)ccc2c(-c2cc(C(C)C)cc(C(C)C)c2C)[n+]1C. The summed E-state index contributed by atoms with van der Waals surface area (Å²) in [7, 11) is 2.02. The van der Waals surface area contributed by atoms with Gasteiger partial charge in [0.15, 0.2) is 6.17 Å². The lowest BCUT2D eigenvalue weighted by atomic mass is 9.84. The number of fused-ring (bicyclic) bond motifs is 1. The molecule has 0 saturated heterocycles. The van der Waals surface area contributed by atoms with E-state index in [0.717, 1.165) is 11.1 Å². The summed E-state index contributed by atoms with van der Waals surface area (Å²) in [6.07, 6.45) is 0.541. The predicted octanol–water partition coefficient (Wildman–Crippen LogP) is 7.18. The smallest absolute Gasteiger partial charge is 0.200 e. The van der Waals surface area contributed by atoms with E-state index in [1.165, 1.54) is 33.2 Å². The average molecular weight is 376 g/mol. The molecule has 0 radical (unpaired) electrons. The molecule has 28 heavy (non-hydrogen) atoms. The van der Waals surface area contributed by atoms with E-state index < -0.39 is 0 Å². The molecule has 148 valence electrons. The monoisotopic (exact) mass is 375 g/mol. The van der Waals surface area contributed by atoms with Crippen molar-refractivity contribution in [3.63, 3.8) is 0 Å². The Hall–Kier alpha value is -2.15. The molecule has 1 aromatic heterocycles. The van der Waals surface area contributed by atoms with Crippen LogP contribution in [0, 0.1) is 6.92 Å². The van der Waals surface area contributed by atoms with Crippen LogP contribution in [0.15, 0.2) is 42.6 Å². The second-order valence-electron chi connectivity index (χ2n) is 9.83. The van der Waals surface area contributed by atoms with Crippen molar-refractivity contribution < 1.29 is 5.94 Å². The number of aromatic nitrogens is 1. The van der Waals surface area contributed by atoms with Gasteiger partial charge in [0.05, 0.1) is 10.9 Å². The van der Waals surface area contributed by atoms with Gasteiger partial charge in [0.1, 0.15) is 8.42 Å². The molecule has 0 fully saturated rings. The van der Waals surface area contributed by atoms with E-state index >= 15 is 0 Å². The first kappa shape index (κ1) is 19.2. The Balaban J connectivity index is 2.42. The van der Waals surface area contributed by atoms with Crippen molar-refractivity contribution in [2.45, 2.75) is 72.6 Å². The maximum atomic E-state index is 8.63. The summed E-state index contributed by atoms with van der Waals surface area (Å²) in [5, 5.41) is 2.37. The summed E-state index contributed by atoms with van der Waals surface area (Å²) in [6, 6.07) is 13.5. The second kappa shape index (κ2) is 7.35. The Morgan fingerprint density at radius 2 is 1.61 bits per heavy atom. The molecule has 1 nitrogen and oxygen atoms in total. The minimum atomic E-state index is 0.0901.